The lowest BCUT2D eigenvalue weighted by Crippen LogP contribution is -2.35. The molecule has 1 aliphatic carbocycles. The topological polar surface area (TPSA) is 103 Å². The van der Waals surface area contributed by atoms with Crippen molar-refractivity contribution in [1.29, 1.82) is 0 Å². The monoisotopic (exact) mass is 340 g/mol. The number of aromatic nitrogens is 2. The lowest BCUT2D eigenvalue weighted by atomic mass is 9.80. The second-order valence-electron chi connectivity index (χ2n) is 5.37. The largest absolute Gasteiger partial charge is 0.481 e. The highest BCUT2D eigenvalue weighted by Gasteiger charge is 2.44. The van der Waals surface area contributed by atoms with E-state index in [1.165, 1.54) is 6.07 Å². The molecule has 1 atom stereocenters. The van der Waals surface area contributed by atoms with E-state index in [1.54, 1.807) is 13.0 Å². The van der Waals surface area contributed by atoms with Gasteiger partial charge in [-0.1, -0.05) is 23.2 Å². The van der Waals surface area contributed by atoms with Crippen molar-refractivity contribution in [2.45, 2.75) is 18.8 Å². The third-order valence-corrected chi connectivity index (χ3v) is 4.38. The van der Waals surface area contributed by atoms with Crippen molar-refractivity contribution in [3.63, 3.8) is 0 Å². The van der Waals surface area contributed by atoms with Crippen molar-refractivity contribution < 1.29 is 9.90 Å². The van der Waals surface area contributed by atoms with Crippen molar-refractivity contribution in [3.05, 3.63) is 54.1 Å². The number of benzene rings is 1. The van der Waals surface area contributed by atoms with E-state index in [2.05, 4.69) is 9.97 Å². The van der Waals surface area contributed by atoms with Crippen molar-refractivity contribution in [3.8, 4) is 11.3 Å². The molecule has 0 aliphatic heterocycles. The van der Waals surface area contributed by atoms with Crippen LogP contribution < -0.4 is 11.1 Å². The number of carboxylic acid groups (broad SMARTS) is 1. The molecule has 0 fully saturated rings. The van der Waals surface area contributed by atoms with Crippen LogP contribution in [-0.4, -0.2) is 21.0 Å². The molecule has 6 nitrogen and oxygen atoms in total. The number of fused-ring (bicyclic) bond motifs is 3. The van der Waals surface area contributed by atoms with E-state index in [0.717, 1.165) is 0 Å². The SMILES string of the molecule is CC1(CC(=O)O)c2[nH]c(=O)c(=O)[nH]c2-c2cc(Cl)cc(Cl)c21. The minimum Gasteiger partial charge on any atom is -0.481 e. The second-order valence-corrected chi connectivity index (χ2v) is 6.21. The molecule has 2 aromatic rings. The first-order valence-electron chi connectivity index (χ1n) is 6.33. The highest BCUT2D eigenvalue weighted by Crippen LogP contribution is 2.51. The lowest BCUT2D eigenvalue weighted by Gasteiger charge is -2.25. The normalized spacial score (nSPS) is 18.9. The average Bonchev–Trinajstić information content (AvgIpc) is 2.59. The van der Waals surface area contributed by atoms with Crippen molar-refractivity contribution in [2.75, 3.05) is 0 Å². The van der Waals surface area contributed by atoms with E-state index in [4.69, 9.17) is 23.2 Å². The number of nitrogens with one attached hydrogen (secondary N) is 2. The van der Waals surface area contributed by atoms with Gasteiger partial charge in [-0.05, 0) is 24.6 Å². The van der Waals surface area contributed by atoms with Gasteiger partial charge in [0.05, 0.1) is 17.8 Å². The summed E-state index contributed by atoms with van der Waals surface area (Å²) in [5, 5.41) is 9.86. The Balaban J connectivity index is 2.46. The van der Waals surface area contributed by atoms with Crippen LogP contribution in [0.1, 0.15) is 24.6 Å². The zero-order valence-corrected chi connectivity index (χ0v) is 12.8. The first kappa shape index (κ1) is 14.9. The number of hydrogen-bond acceptors (Lipinski definition) is 3. The fourth-order valence-electron chi connectivity index (χ4n) is 3.02. The van der Waals surface area contributed by atoms with Crippen LogP contribution in [0.5, 0.6) is 0 Å². The number of aromatic amines is 2. The quantitative estimate of drug-likeness (QED) is 0.728. The number of carboxylic acids is 1. The van der Waals surface area contributed by atoms with Gasteiger partial charge in [0.2, 0.25) is 0 Å². The smallest absolute Gasteiger partial charge is 0.314 e. The zero-order valence-electron chi connectivity index (χ0n) is 11.3. The minimum atomic E-state index is -1.07. The van der Waals surface area contributed by atoms with Gasteiger partial charge in [0.1, 0.15) is 0 Å². The first-order chi connectivity index (χ1) is 10.2. The molecule has 0 bridgehead atoms. The maximum atomic E-state index is 11.6. The molecule has 3 rings (SSSR count). The third-order valence-electron chi connectivity index (χ3n) is 3.87. The molecule has 0 saturated heterocycles. The zero-order chi connectivity index (χ0) is 16.2. The van der Waals surface area contributed by atoms with Crippen molar-refractivity contribution >= 4 is 29.2 Å². The maximum absolute atomic E-state index is 11.6. The van der Waals surface area contributed by atoms with Gasteiger partial charge in [-0.25, -0.2) is 0 Å². The molecule has 0 amide bonds. The summed E-state index contributed by atoms with van der Waals surface area (Å²) in [4.78, 5) is 39.5. The van der Waals surface area contributed by atoms with Gasteiger partial charge >= 0.3 is 17.1 Å². The summed E-state index contributed by atoms with van der Waals surface area (Å²) < 4.78 is 0. The van der Waals surface area contributed by atoms with Crippen molar-refractivity contribution in [2.24, 2.45) is 0 Å². The second kappa shape index (κ2) is 4.72. The van der Waals surface area contributed by atoms with Gasteiger partial charge in [0.15, 0.2) is 0 Å². The Morgan fingerprint density at radius 2 is 1.86 bits per heavy atom. The Morgan fingerprint density at radius 3 is 2.50 bits per heavy atom. The summed E-state index contributed by atoms with van der Waals surface area (Å²) in [6.07, 6.45) is -0.295. The predicted molar refractivity (Wildman–Crippen MR) is 81.8 cm³/mol. The highest BCUT2D eigenvalue weighted by atomic mass is 35.5. The standard InChI is InChI=1S/C14H10Cl2N2O4/c1-14(4-8(19)20)9-6(2-5(15)3-7(9)16)10-11(14)18-13(22)12(21)17-10/h2-3H,4H2,1H3,(H,17,21)(H,18,22)(H,19,20). The van der Waals surface area contributed by atoms with Crippen molar-refractivity contribution in [1.82, 2.24) is 9.97 Å². The van der Waals surface area contributed by atoms with E-state index >= 15 is 0 Å². The number of hydrogen-bond donors (Lipinski definition) is 3. The van der Waals surface area contributed by atoms with Gasteiger partial charge in [-0.3, -0.25) is 14.4 Å². The minimum absolute atomic E-state index is 0.282. The van der Waals surface area contributed by atoms with Crippen LogP contribution in [0.3, 0.4) is 0 Å². The van der Waals surface area contributed by atoms with Crippen LogP contribution in [0.4, 0.5) is 0 Å². The Bertz CT molecular complexity index is 931. The molecular formula is C14H10Cl2N2O4. The predicted octanol–water partition coefficient (Wildman–Crippen LogP) is 2.13. The summed E-state index contributed by atoms with van der Waals surface area (Å²) in [5.41, 5.74) is -1.03. The Morgan fingerprint density at radius 1 is 1.23 bits per heavy atom. The number of rotatable bonds is 2. The molecule has 1 unspecified atom stereocenters. The molecule has 1 aliphatic rings. The van der Waals surface area contributed by atoms with Crippen LogP contribution >= 0.6 is 23.2 Å². The molecule has 1 aromatic heterocycles. The molecule has 0 radical (unpaired) electrons. The number of aliphatic carboxylic acids is 1. The van der Waals surface area contributed by atoms with E-state index in [1.807, 2.05) is 0 Å². The third kappa shape index (κ3) is 1.99. The fourth-order valence-corrected chi connectivity index (χ4v) is 3.72. The van der Waals surface area contributed by atoms with Crippen LogP contribution in [0.15, 0.2) is 21.7 Å². The van der Waals surface area contributed by atoms with Gasteiger partial charge < -0.3 is 15.1 Å². The molecule has 8 heteroatoms. The van der Waals surface area contributed by atoms with Gasteiger partial charge in [-0.2, -0.15) is 0 Å². The Hall–Kier alpha value is -2.05. The molecule has 22 heavy (non-hydrogen) atoms. The van der Waals surface area contributed by atoms with E-state index < -0.39 is 22.5 Å². The van der Waals surface area contributed by atoms with E-state index in [0.29, 0.717) is 27.5 Å². The molecule has 1 aromatic carbocycles. The summed E-state index contributed by atoms with van der Waals surface area (Å²) in [5.74, 6) is -1.06. The number of carbonyl (C=O) groups is 1. The van der Waals surface area contributed by atoms with Gasteiger partial charge in [0.25, 0.3) is 0 Å². The van der Waals surface area contributed by atoms with E-state index in [-0.39, 0.29) is 11.4 Å². The van der Waals surface area contributed by atoms with Crippen LogP contribution in [0.25, 0.3) is 11.3 Å². The van der Waals surface area contributed by atoms with Crippen LogP contribution in [0, 0.1) is 0 Å². The number of H-pyrrole nitrogens is 2. The van der Waals surface area contributed by atoms with Gasteiger partial charge in [0, 0.05) is 21.0 Å². The molecular weight excluding hydrogens is 331 g/mol. The average molecular weight is 341 g/mol. The lowest BCUT2D eigenvalue weighted by molar-refractivity contribution is -0.138. The summed E-state index contributed by atoms with van der Waals surface area (Å²) in [6.45, 7) is 1.65. The molecule has 0 saturated carbocycles. The first-order valence-corrected chi connectivity index (χ1v) is 7.08. The summed E-state index contributed by atoms with van der Waals surface area (Å²) in [6, 6.07) is 3.09. The fraction of sp³-hybridized carbons (Fsp3) is 0.214. The maximum Gasteiger partial charge on any atom is 0.314 e. The Labute approximate surface area is 133 Å². The highest BCUT2D eigenvalue weighted by molar-refractivity contribution is 6.36. The molecule has 0 spiro atoms. The number of halogens is 2. The Kier molecular flexibility index (Phi) is 3.19. The molecule has 1 heterocycles. The molecule has 3 N–H and O–H groups in total. The van der Waals surface area contributed by atoms with Gasteiger partial charge in [-0.15, -0.1) is 0 Å². The van der Waals surface area contributed by atoms with Crippen LogP contribution in [0.2, 0.25) is 10.0 Å². The summed E-state index contributed by atoms with van der Waals surface area (Å²) in [7, 11) is 0. The molecule has 114 valence electrons. The van der Waals surface area contributed by atoms with E-state index in [9.17, 15) is 19.5 Å². The van der Waals surface area contributed by atoms with Crippen LogP contribution in [-0.2, 0) is 10.2 Å². The summed E-state index contributed by atoms with van der Waals surface area (Å²) >= 11 is 12.3.